The van der Waals surface area contributed by atoms with Crippen LogP contribution in [-0.4, -0.2) is 21.5 Å². The number of benzene rings is 1. The second-order valence-corrected chi connectivity index (χ2v) is 7.49. The molecule has 0 amide bonds. The van der Waals surface area contributed by atoms with Crippen LogP contribution in [0.15, 0.2) is 23.1 Å². The van der Waals surface area contributed by atoms with Gasteiger partial charge in [0.2, 0.25) is 10.0 Å². The predicted molar refractivity (Wildman–Crippen MR) is 81.3 cm³/mol. The summed E-state index contributed by atoms with van der Waals surface area (Å²) in [5.41, 5.74) is 0.897. The van der Waals surface area contributed by atoms with Gasteiger partial charge in [-0.05, 0) is 50.4 Å². The van der Waals surface area contributed by atoms with Crippen molar-refractivity contribution in [2.75, 3.05) is 7.05 Å². The highest BCUT2D eigenvalue weighted by atomic mass is 35.5. The Hall–Kier alpha value is -0.620. The standard InChI is InChI=1S/C14H21ClN2O2S/c1-10(12-4-3-5-12)17-20(18,19)14-8-11(9-16-2)6-7-13(14)15/h6-8,10,12,16-17H,3-5,9H2,1-2H3. The molecule has 1 saturated carbocycles. The molecule has 1 atom stereocenters. The molecule has 1 aromatic carbocycles. The number of nitrogens with one attached hydrogen (secondary N) is 2. The Balaban J connectivity index is 2.21. The van der Waals surface area contributed by atoms with Gasteiger partial charge in [-0.25, -0.2) is 13.1 Å². The molecule has 0 spiro atoms. The number of hydrogen-bond acceptors (Lipinski definition) is 3. The molecule has 1 fully saturated rings. The van der Waals surface area contributed by atoms with Gasteiger partial charge in [-0.1, -0.05) is 24.1 Å². The fraction of sp³-hybridized carbons (Fsp3) is 0.571. The molecular weight excluding hydrogens is 296 g/mol. The van der Waals surface area contributed by atoms with E-state index in [1.54, 1.807) is 12.1 Å². The van der Waals surface area contributed by atoms with E-state index < -0.39 is 10.0 Å². The minimum Gasteiger partial charge on any atom is -0.316 e. The molecule has 20 heavy (non-hydrogen) atoms. The van der Waals surface area contributed by atoms with Gasteiger partial charge in [0, 0.05) is 12.6 Å². The van der Waals surface area contributed by atoms with Crippen LogP contribution in [0.3, 0.4) is 0 Å². The zero-order chi connectivity index (χ0) is 14.8. The summed E-state index contributed by atoms with van der Waals surface area (Å²) in [6.07, 6.45) is 3.38. The highest BCUT2D eigenvalue weighted by Gasteiger charge is 2.28. The first-order valence-corrected chi connectivity index (χ1v) is 8.75. The molecule has 0 heterocycles. The summed E-state index contributed by atoms with van der Waals surface area (Å²) in [7, 11) is -1.74. The molecule has 112 valence electrons. The van der Waals surface area contributed by atoms with E-state index in [4.69, 9.17) is 11.6 Å². The van der Waals surface area contributed by atoms with Crippen molar-refractivity contribution in [2.45, 2.75) is 43.7 Å². The summed E-state index contributed by atoms with van der Waals surface area (Å²) in [6.45, 7) is 2.53. The third kappa shape index (κ3) is 3.52. The molecule has 0 bridgehead atoms. The summed E-state index contributed by atoms with van der Waals surface area (Å²) in [5, 5.41) is 3.26. The Morgan fingerprint density at radius 3 is 2.65 bits per heavy atom. The Kier molecular flexibility index (Phi) is 5.07. The van der Waals surface area contributed by atoms with Crippen molar-refractivity contribution in [3.8, 4) is 0 Å². The quantitative estimate of drug-likeness (QED) is 0.848. The van der Waals surface area contributed by atoms with Crippen LogP contribution >= 0.6 is 11.6 Å². The van der Waals surface area contributed by atoms with Crippen LogP contribution in [0.4, 0.5) is 0 Å². The molecule has 0 aromatic heterocycles. The Labute approximate surface area is 126 Å². The van der Waals surface area contributed by atoms with E-state index in [0.29, 0.717) is 12.5 Å². The molecule has 0 radical (unpaired) electrons. The first-order chi connectivity index (χ1) is 9.44. The molecule has 1 unspecified atom stereocenters. The van der Waals surface area contributed by atoms with E-state index in [9.17, 15) is 8.42 Å². The summed E-state index contributed by atoms with van der Waals surface area (Å²) < 4.78 is 27.6. The van der Waals surface area contributed by atoms with Crippen LogP contribution in [0.1, 0.15) is 31.7 Å². The zero-order valence-corrected chi connectivity index (χ0v) is 13.4. The molecule has 0 saturated heterocycles. The third-order valence-corrected chi connectivity index (χ3v) is 5.90. The van der Waals surface area contributed by atoms with Crippen molar-refractivity contribution in [3.63, 3.8) is 0 Å². The van der Waals surface area contributed by atoms with Gasteiger partial charge in [0.15, 0.2) is 0 Å². The van der Waals surface area contributed by atoms with Gasteiger partial charge in [0.05, 0.1) is 5.02 Å². The number of rotatable bonds is 6. The average molecular weight is 317 g/mol. The van der Waals surface area contributed by atoms with Crippen molar-refractivity contribution < 1.29 is 8.42 Å². The lowest BCUT2D eigenvalue weighted by Crippen LogP contribution is -2.40. The Morgan fingerprint density at radius 2 is 2.10 bits per heavy atom. The molecule has 1 aliphatic rings. The first kappa shape index (κ1) is 15.8. The zero-order valence-electron chi connectivity index (χ0n) is 11.8. The van der Waals surface area contributed by atoms with Crippen LogP contribution in [0, 0.1) is 5.92 Å². The Morgan fingerprint density at radius 1 is 1.40 bits per heavy atom. The normalized spacial score (nSPS) is 17.8. The van der Waals surface area contributed by atoms with Gasteiger partial charge in [-0.15, -0.1) is 0 Å². The van der Waals surface area contributed by atoms with Crippen molar-refractivity contribution >= 4 is 21.6 Å². The van der Waals surface area contributed by atoms with E-state index in [-0.39, 0.29) is 16.0 Å². The Bertz CT molecular complexity index is 571. The lowest BCUT2D eigenvalue weighted by Gasteiger charge is -2.31. The summed E-state index contributed by atoms with van der Waals surface area (Å²) >= 11 is 6.05. The van der Waals surface area contributed by atoms with E-state index in [2.05, 4.69) is 10.0 Å². The van der Waals surface area contributed by atoms with Gasteiger partial charge in [0.25, 0.3) is 0 Å². The van der Waals surface area contributed by atoms with Gasteiger partial charge in [-0.2, -0.15) is 0 Å². The van der Waals surface area contributed by atoms with Crippen LogP contribution in [0.5, 0.6) is 0 Å². The molecular formula is C14H21ClN2O2S. The highest BCUT2D eigenvalue weighted by Crippen LogP contribution is 2.31. The largest absolute Gasteiger partial charge is 0.316 e. The fourth-order valence-corrected chi connectivity index (χ4v) is 4.27. The second-order valence-electron chi connectivity index (χ2n) is 5.40. The fourth-order valence-electron chi connectivity index (χ4n) is 2.41. The maximum Gasteiger partial charge on any atom is 0.242 e. The lowest BCUT2D eigenvalue weighted by molar-refractivity contribution is 0.260. The lowest BCUT2D eigenvalue weighted by atomic mass is 9.81. The maximum atomic E-state index is 12.4. The molecule has 4 nitrogen and oxygen atoms in total. The van der Waals surface area contributed by atoms with Crippen LogP contribution in [0.2, 0.25) is 5.02 Å². The maximum absolute atomic E-state index is 12.4. The average Bonchev–Trinajstić information content (AvgIpc) is 2.28. The summed E-state index contributed by atoms with van der Waals surface area (Å²) in [6, 6.07) is 5.05. The summed E-state index contributed by atoms with van der Waals surface area (Å²) in [4.78, 5) is 0.165. The number of halogens is 1. The third-order valence-electron chi connectivity index (χ3n) is 3.86. The van der Waals surface area contributed by atoms with Crippen molar-refractivity contribution in [3.05, 3.63) is 28.8 Å². The molecule has 1 aliphatic carbocycles. The predicted octanol–water partition coefficient (Wildman–Crippen LogP) is 2.53. The smallest absolute Gasteiger partial charge is 0.242 e. The first-order valence-electron chi connectivity index (χ1n) is 6.89. The SMILES string of the molecule is CNCc1ccc(Cl)c(S(=O)(=O)NC(C)C2CCC2)c1. The van der Waals surface area contributed by atoms with Crippen molar-refractivity contribution in [1.29, 1.82) is 0 Å². The van der Waals surface area contributed by atoms with E-state index >= 15 is 0 Å². The van der Waals surface area contributed by atoms with Crippen molar-refractivity contribution in [1.82, 2.24) is 10.0 Å². The minimum atomic E-state index is -3.56. The van der Waals surface area contributed by atoms with E-state index in [1.165, 1.54) is 6.42 Å². The van der Waals surface area contributed by atoms with Crippen LogP contribution < -0.4 is 10.0 Å². The molecule has 0 aliphatic heterocycles. The molecule has 2 rings (SSSR count). The monoisotopic (exact) mass is 316 g/mol. The van der Waals surface area contributed by atoms with Gasteiger partial charge < -0.3 is 5.32 Å². The molecule has 1 aromatic rings. The summed E-state index contributed by atoms with van der Waals surface area (Å²) in [5.74, 6) is 0.448. The number of hydrogen-bond donors (Lipinski definition) is 2. The van der Waals surface area contributed by atoms with Gasteiger partial charge in [0.1, 0.15) is 4.90 Å². The molecule has 6 heteroatoms. The van der Waals surface area contributed by atoms with Crippen LogP contribution in [0.25, 0.3) is 0 Å². The van der Waals surface area contributed by atoms with E-state index in [0.717, 1.165) is 18.4 Å². The van der Waals surface area contributed by atoms with Crippen LogP contribution in [-0.2, 0) is 16.6 Å². The molecule has 2 N–H and O–H groups in total. The van der Waals surface area contributed by atoms with Gasteiger partial charge >= 0.3 is 0 Å². The van der Waals surface area contributed by atoms with Crippen molar-refractivity contribution in [2.24, 2.45) is 5.92 Å². The second kappa shape index (κ2) is 6.43. The number of sulfonamides is 1. The minimum absolute atomic E-state index is 0.0437. The van der Waals surface area contributed by atoms with E-state index in [1.807, 2.05) is 20.0 Å². The highest BCUT2D eigenvalue weighted by molar-refractivity contribution is 7.89. The topological polar surface area (TPSA) is 58.2 Å². The van der Waals surface area contributed by atoms with Gasteiger partial charge in [-0.3, -0.25) is 0 Å².